The molecule has 4 rings (SSSR count). The predicted octanol–water partition coefficient (Wildman–Crippen LogP) is 4.74. The maximum absolute atomic E-state index is 13.7. The highest BCUT2D eigenvalue weighted by atomic mass is 79.9. The summed E-state index contributed by atoms with van der Waals surface area (Å²) in [6, 6.07) is 15.3. The van der Waals surface area contributed by atoms with Crippen LogP contribution in [0.1, 0.15) is 32.8 Å². The van der Waals surface area contributed by atoms with Crippen molar-refractivity contribution in [2.24, 2.45) is 7.05 Å². The highest BCUT2D eigenvalue weighted by molar-refractivity contribution is 9.10. The Hall–Kier alpha value is -2.86. The van der Waals surface area contributed by atoms with Crippen molar-refractivity contribution in [3.05, 3.63) is 78.0 Å². The molecule has 6 heteroatoms. The molecule has 2 heterocycles. The zero-order valence-electron chi connectivity index (χ0n) is 17.0. The van der Waals surface area contributed by atoms with E-state index >= 15 is 0 Å². The molecule has 3 aromatic rings. The molecule has 0 radical (unpaired) electrons. The van der Waals surface area contributed by atoms with Crippen molar-refractivity contribution in [2.45, 2.75) is 17.3 Å². The number of benzene rings is 2. The van der Waals surface area contributed by atoms with Gasteiger partial charge in [-0.1, -0.05) is 52.3 Å². The fourth-order valence-electron chi connectivity index (χ4n) is 4.16. The maximum Gasteiger partial charge on any atom is 0.271 e. The van der Waals surface area contributed by atoms with Crippen LogP contribution in [0.15, 0.2) is 61.2 Å². The number of Topliss-reactive ketones (excluding diaryl/α,β-unsaturated/α-hetero) is 1. The van der Waals surface area contributed by atoms with Crippen LogP contribution in [0.25, 0.3) is 10.9 Å². The van der Waals surface area contributed by atoms with E-state index < -0.39 is 4.32 Å². The summed E-state index contributed by atoms with van der Waals surface area (Å²) in [4.78, 5) is 29.1. The summed E-state index contributed by atoms with van der Waals surface area (Å²) in [5.74, 6) is 0.520. The molecule has 2 aromatic carbocycles. The van der Waals surface area contributed by atoms with E-state index in [1.54, 1.807) is 18.1 Å². The van der Waals surface area contributed by atoms with Crippen molar-refractivity contribution in [1.29, 1.82) is 0 Å². The van der Waals surface area contributed by atoms with E-state index in [4.69, 9.17) is 4.74 Å². The quantitative estimate of drug-likeness (QED) is 0.403. The normalized spacial score (nSPS) is 19.0. The first-order chi connectivity index (χ1) is 14.4. The Labute approximate surface area is 184 Å². The van der Waals surface area contributed by atoms with Crippen LogP contribution in [0, 0.1) is 0 Å². The lowest BCUT2D eigenvalue weighted by molar-refractivity contribution is 0.0720. The van der Waals surface area contributed by atoms with Gasteiger partial charge in [-0.15, -0.1) is 6.58 Å². The molecule has 154 valence electrons. The summed E-state index contributed by atoms with van der Waals surface area (Å²) in [5, 5.41) is 0.799. The number of aryl methyl sites for hydroxylation is 1. The molecule has 1 aliphatic heterocycles. The molecule has 0 spiro atoms. The number of fused-ring (bicyclic) bond motifs is 3. The molecule has 0 saturated carbocycles. The number of amides is 1. The van der Waals surface area contributed by atoms with E-state index in [0.29, 0.717) is 24.2 Å². The van der Waals surface area contributed by atoms with Crippen molar-refractivity contribution in [3.63, 3.8) is 0 Å². The van der Waals surface area contributed by atoms with Crippen LogP contribution in [-0.2, 0) is 13.6 Å². The number of rotatable bonds is 5. The third-order valence-electron chi connectivity index (χ3n) is 5.67. The molecule has 30 heavy (non-hydrogen) atoms. The molecule has 0 fully saturated rings. The van der Waals surface area contributed by atoms with Gasteiger partial charge in [-0.05, 0) is 30.2 Å². The molecule has 0 aliphatic carbocycles. The van der Waals surface area contributed by atoms with Gasteiger partial charge < -0.3 is 14.2 Å². The number of methoxy groups -OCH3 is 1. The summed E-state index contributed by atoms with van der Waals surface area (Å²) in [5.41, 5.74) is 2.74. The van der Waals surface area contributed by atoms with Crippen LogP contribution >= 0.6 is 15.9 Å². The van der Waals surface area contributed by atoms with Gasteiger partial charge in [-0.25, -0.2) is 0 Å². The summed E-state index contributed by atoms with van der Waals surface area (Å²) >= 11 is 3.70. The fourth-order valence-corrected chi connectivity index (χ4v) is 4.89. The molecular weight excluding hydrogens is 444 g/mol. The van der Waals surface area contributed by atoms with Crippen LogP contribution in [0.3, 0.4) is 0 Å². The second kappa shape index (κ2) is 7.76. The van der Waals surface area contributed by atoms with E-state index in [0.717, 1.165) is 22.2 Å². The van der Waals surface area contributed by atoms with Crippen LogP contribution in [0.2, 0.25) is 0 Å². The molecule has 0 N–H and O–H groups in total. The summed E-state index contributed by atoms with van der Waals surface area (Å²) in [6.45, 7) is 4.48. The minimum atomic E-state index is -0.924. The molecule has 1 atom stereocenters. The van der Waals surface area contributed by atoms with Gasteiger partial charge in [0.1, 0.15) is 15.8 Å². The Balaban J connectivity index is 1.86. The van der Waals surface area contributed by atoms with Crippen molar-refractivity contribution in [1.82, 2.24) is 9.47 Å². The highest BCUT2D eigenvalue weighted by Gasteiger charge is 2.45. The van der Waals surface area contributed by atoms with Gasteiger partial charge in [0.25, 0.3) is 5.91 Å². The number of ether oxygens (including phenoxy) is 1. The number of hydrogen-bond acceptors (Lipinski definition) is 3. The Bertz CT molecular complexity index is 1150. The zero-order valence-corrected chi connectivity index (χ0v) is 18.6. The largest absolute Gasteiger partial charge is 0.497 e. The first kappa shape index (κ1) is 20.4. The first-order valence-corrected chi connectivity index (χ1v) is 10.5. The maximum atomic E-state index is 13.7. The SMILES string of the molecule is C=CCC1(Br)CN(Cc2ccc(OC)cc2)C(=O)c2c(c3ccccc3n2C)C1=O. The Kier molecular flexibility index (Phi) is 5.28. The number of carbonyl (C=O) groups is 2. The second-order valence-electron chi connectivity index (χ2n) is 7.60. The van der Waals surface area contributed by atoms with E-state index in [1.165, 1.54) is 0 Å². The average molecular weight is 467 g/mol. The third kappa shape index (κ3) is 3.25. The summed E-state index contributed by atoms with van der Waals surface area (Å²) in [6.07, 6.45) is 2.14. The molecule has 1 aliphatic rings. The summed E-state index contributed by atoms with van der Waals surface area (Å²) < 4.78 is 6.14. The van der Waals surface area contributed by atoms with E-state index in [-0.39, 0.29) is 18.2 Å². The van der Waals surface area contributed by atoms with Crippen LogP contribution in [-0.4, -0.2) is 39.1 Å². The van der Waals surface area contributed by atoms with Crippen molar-refractivity contribution >= 4 is 38.5 Å². The zero-order chi connectivity index (χ0) is 21.5. The standard InChI is InChI=1S/C24H23BrN2O3/c1-4-13-24(25)15-27(14-16-9-11-17(30-3)12-10-16)23(29)21-20(22(24)28)18-7-5-6-8-19(18)26(21)2/h4-12H,1,13-15H2,2-3H3. The lowest BCUT2D eigenvalue weighted by Gasteiger charge is -2.30. The van der Waals surface area contributed by atoms with E-state index in [2.05, 4.69) is 22.5 Å². The number of hydrogen-bond donors (Lipinski definition) is 0. The molecule has 0 saturated heterocycles. The minimum Gasteiger partial charge on any atom is -0.497 e. The van der Waals surface area contributed by atoms with Crippen LogP contribution in [0.4, 0.5) is 0 Å². The van der Waals surface area contributed by atoms with Gasteiger partial charge in [0.05, 0.1) is 12.7 Å². The lowest BCUT2D eigenvalue weighted by Crippen LogP contribution is -2.43. The van der Waals surface area contributed by atoms with Gasteiger partial charge in [-0.3, -0.25) is 9.59 Å². The highest BCUT2D eigenvalue weighted by Crippen LogP contribution is 2.38. The number of halogens is 1. The molecule has 1 amide bonds. The summed E-state index contributed by atoms with van der Waals surface area (Å²) in [7, 11) is 3.46. The Morgan fingerprint density at radius 3 is 2.53 bits per heavy atom. The molecule has 1 unspecified atom stereocenters. The number of ketones is 1. The van der Waals surface area contributed by atoms with Gasteiger partial charge in [0.15, 0.2) is 5.78 Å². The van der Waals surface area contributed by atoms with Crippen LogP contribution < -0.4 is 4.74 Å². The monoisotopic (exact) mass is 466 g/mol. The second-order valence-corrected chi connectivity index (χ2v) is 9.11. The molecule has 1 aromatic heterocycles. The van der Waals surface area contributed by atoms with Gasteiger partial charge in [0.2, 0.25) is 0 Å². The lowest BCUT2D eigenvalue weighted by atomic mass is 9.93. The van der Waals surface area contributed by atoms with Crippen LogP contribution in [0.5, 0.6) is 5.75 Å². The molecule has 0 bridgehead atoms. The molecular formula is C24H23BrN2O3. The number of para-hydroxylation sites is 1. The third-order valence-corrected chi connectivity index (χ3v) is 6.61. The molecule has 5 nitrogen and oxygen atoms in total. The number of alkyl halides is 1. The van der Waals surface area contributed by atoms with Crippen molar-refractivity contribution in [2.75, 3.05) is 13.7 Å². The van der Waals surface area contributed by atoms with Gasteiger partial charge >= 0.3 is 0 Å². The number of nitrogens with zero attached hydrogens (tertiary/aromatic N) is 2. The number of aromatic nitrogens is 1. The average Bonchev–Trinajstić information content (AvgIpc) is 3.01. The van der Waals surface area contributed by atoms with Gasteiger partial charge in [0, 0.05) is 31.0 Å². The Morgan fingerprint density at radius 2 is 1.87 bits per heavy atom. The number of allylic oxidation sites excluding steroid dienone is 1. The smallest absolute Gasteiger partial charge is 0.271 e. The van der Waals surface area contributed by atoms with E-state index in [9.17, 15) is 9.59 Å². The topological polar surface area (TPSA) is 51.5 Å². The number of carbonyl (C=O) groups excluding carboxylic acids is 2. The predicted molar refractivity (Wildman–Crippen MR) is 121 cm³/mol. The van der Waals surface area contributed by atoms with E-state index in [1.807, 2.05) is 60.1 Å². The van der Waals surface area contributed by atoms with Crippen molar-refractivity contribution < 1.29 is 14.3 Å². The fraction of sp³-hybridized carbons (Fsp3) is 0.250. The minimum absolute atomic E-state index is 0.0835. The Morgan fingerprint density at radius 1 is 1.17 bits per heavy atom. The van der Waals surface area contributed by atoms with Gasteiger partial charge in [-0.2, -0.15) is 0 Å². The first-order valence-electron chi connectivity index (χ1n) is 9.74. The van der Waals surface area contributed by atoms with Crippen molar-refractivity contribution in [3.8, 4) is 5.75 Å².